The second-order valence-corrected chi connectivity index (χ2v) is 7.91. The summed E-state index contributed by atoms with van der Waals surface area (Å²) in [5.41, 5.74) is 0. The molecule has 0 spiro atoms. The third kappa shape index (κ3) is 5.59. The normalized spacial score (nSPS) is 11.1. The molecule has 28 heavy (non-hydrogen) atoms. The van der Waals surface area contributed by atoms with Crippen LogP contribution in [0, 0.1) is 5.92 Å². The van der Waals surface area contributed by atoms with E-state index in [1.54, 1.807) is 18.2 Å². The number of rotatable bonds is 10. The summed E-state index contributed by atoms with van der Waals surface area (Å²) in [5, 5.41) is 13.9. The molecule has 9 heteroatoms. The molecule has 0 bridgehead atoms. The molecule has 0 aliphatic carbocycles. The molecule has 0 aliphatic rings. The van der Waals surface area contributed by atoms with Crippen LogP contribution in [0.1, 0.15) is 31.4 Å². The molecule has 0 N–H and O–H groups in total. The summed E-state index contributed by atoms with van der Waals surface area (Å²) in [7, 11) is 0. The average molecular weight is 420 g/mol. The van der Waals surface area contributed by atoms with Gasteiger partial charge in [0.1, 0.15) is 12.4 Å². The number of nitrogens with zero attached hydrogens (tertiary/aromatic N) is 5. The molecule has 0 atom stereocenters. The average Bonchev–Trinajstić information content (AvgIpc) is 3.26. The fraction of sp³-hybridized carbons (Fsp3) is 0.368. The maximum absolute atomic E-state index is 5.90. The molecule has 2 aromatic heterocycles. The van der Waals surface area contributed by atoms with Gasteiger partial charge in [-0.15, -0.1) is 16.8 Å². The van der Waals surface area contributed by atoms with Gasteiger partial charge in [-0.3, -0.25) is 4.57 Å². The number of allylic oxidation sites excluding steroid dienone is 1. The van der Waals surface area contributed by atoms with Gasteiger partial charge in [0.2, 0.25) is 5.89 Å². The molecule has 3 rings (SSSR count). The maximum Gasteiger partial charge on any atom is 0.237 e. The first kappa shape index (κ1) is 20.4. The summed E-state index contributed by atoms with van der Waals surface area (Å²) in [5.74, 6) is 3.75. The van der Waals surface area contributed by atoms with Gasteiger partial charge >= 0.3 is 0 Å². The van der Waals surface area contributed by atoms with Crippen molar-refractivity contribution in [3.63, 3.8) is 0 Å². The van der Waals surface area contributed by atoms with Crippen molar-refractivity contribution in [1.82, 2.24) is 24.9 Å². The quantitative estimate of drug-likeness (QED) is 0.351. The van der Waals surface area contributed by atoms with Crippen LogP contribution < -0.4 is 4.74 Å². The van der Waals surface area contributed by atoms with Crippen LogP contribution in [-0.4, -0.2) is 24.9 Å². The minimum Gasteiger partial charge on any atom is -0.486 e. The molecule has 2 heterocycles. The highest BCUT2D eigenvalue weighted by Crippen LogP contribution is 2.23. The molecule has 1 aromatic carbocycles. The first-order valence-corrected chi connectivity index (χ1v) is 10.3. The molecule has 0 fully saturated rings. The third-order valence-electron chi connectivity index (χ3n) is 3.71. The minimum absolute atomic E-state index is 0.294. The standard InChI is InChI=1S/C19H22ClN5O2S/c1-4-9-25-17(11-26-15-7-5-14(20)6-8-15)22-23-19(25)28-12-18-21-16(24-27-18)10-13(2)3/h4-8,13H,1,9-12H2,2-3H3. The van der Waals surface area contributed by atoms with Crippen LogP contribution in [0.2, 0.25) is 5.02 Å². The fourth-order valence-electron chi connectivity index (χ4n) is 2.45. The van der Waals surface area contributed by atoms with Crippen molar-refractivity contribution >= 4 is 23.4 Å². The van der Waals surface area contributed by atoms with E-state index in [-0.39, 0.29) is 0 Å². The number of hydrogen-bond acceptors (Lipinski definition) is 7. The van der Waals surface area contributed by atoms with Crippen LogP contribution in [0.3, 0.4) is 0 Å². The van der Waals surface area contributed by atoms with Gasteiger partial charge < -0.3 is 9.26 Å². The van der Waals surface area contributed by atoms with Gasteiger partial charge in [0, 0.05) is 18.0 Å². The van der Waals surface area contributed by atoms with Crippen LogP contribution in [0.5, 0.6) is 5.75 Å². The predicted molar refractivity (Wildman–Crippen MR) is 108 cm³/mol. The van der Waals surface area contributed by atoms with Crippen LogP contribution in [-0.2, 0) is 25.3 Å². The summed E-state index contributed by atoms with van der Waals surface area (Å²) in [6.45, 7) is 8.93. The molecule has 0 saturated carbocycles. The second kappa shape index (κ2) is 9.75. The molecule has 3 aromatic rings. The molecule has 0 unspecified atom stereocenters. The number of aromatic nitrogens is 5. The van der Waals surface area contributed by atoms with Crippen LogP contribution >= 0.6 is 23.4 Å². The van der Waals surface area contributed by atoms with E-state index in [2.05, 4.69) is 40.8 Å². The number of thioether (sulfide) groups is 1. The molecular weight excluding hydrogens is 398 g/mol. The first-order valence-electron chi connectivity index (χ1n) is 8.90. The summed E-state index contributed by atoms with van der Waals surface area (Å²) in [6, 6.07) is 7.20. The zero-order valence-corrected chi connectivity index (χ0v) is 17.4. The highest BCUT2D eigenvalue weighted by Gasteiger charge is 2.15. The zero-order valence-electron chi connectivity index (χ0n) is 15.8. The predicted octanol–water partition coefficient (Wildman–Crippen LogP) is 4.57. The number of halogens is 1. The van der Waals surface area contributed by atoms with Crippen molar-refractivity contribution in [3.05, 3.63) is 59.5 Å². The van der Waals surface area contributed by atoms with Crippen molar-refractivity contribution in [1.29, 1.82) is 0 Å². The smallest absolute Gasteiger partial charge is 0.237 e. The van der Waals surface area contributed by atoms with Crippen LogP contribution in [0.25, 0.3) is 0 Å². The third-order valence-corrected chi connectivity index (χ3v) is 4.92. The van der Waals surface area contributed by atoms with Crippen molar-refractivity contribution < 1.29 is 9.26 Å². The Morgan fingerprint density at radius 1 is 1.29 bits per heavy atom. The van der Waals surface area contributed by atoms with Crippen molar-refractivity contribution in [2.24, 2.45) is 5.92 Å². The Morgan fingerprint density at radius 2 is 2.07 bits per heavy atom. The molecule has 0 saturated heterocycles. The first-order chi connectivity index (χ1) is 13.5. The lowest BCUT2D eigenvalue weighted by Crippen LogP contribution is -2.07. The minimum atomic E-state index is 0.294. The summed E-state index contributed by atoms with van der Waals surface area (Å²) in [6.07, 6.45) is 2.60. The second-order valence-electron chi connectivity index (χ2n) is 6.53. The van der Waals surface area contributed by atoms with E-state index in [0.717, 1.165) is 23.2 Å². The monoisotopic (exact) mass is 419 g/mol. The summed E-state index contributed by atoms with van der Waals surface area (Å²) in [4.78, 5) is 4.42. The Balaban J connectivity index is 1.63. The van der Waals surface area contributed by atoms with Crippen molar-refractivity contribution in [3.8, 4) is 5.75 Å². The highest BCUT2D eigenvalue weighted by molar-refractivity contribution is 7.98. The van der Waals surface area contributed by atoms with Gasteiger partial charge in [-0.1, -0.05) is 48.4 Å². The van der Waals surface area contributed by atoms with Gasteiger partial charge in [-0.2, -0.15) is 4.98 Å². The van der Waals surface area contributed by atoms with Gasteiger partial charge in [-0.05, 0) is 30.2 Å². The molecule has 7 nitrogen and oxygen atoms in total. The lowest BCUT2D eigenvalue weighted by molar-refractivity contribution is 0.289. The highest BCUT2D eigenvalue weighted by atomic mass is 35.5. The Hall–Kier alpha value is -2.32. The maximum atomic E-state index is 5.90. The Bertz CT molecular complexity index is 907. The Kier molecular flexibility index (Phi) is 7.11. The largest absolute Gasteiger partial charge is 0.486 e. The fourth-order valence-corrected chi connectivity index (χ4v) is 3.38. The van der Waals surface area contributed by atoms with Gasteiger partial charge in [0.15, 0.2) is 16.8 Å². The van der Waals surface area contributed by atoms with E-state index in [0.29, 0.717) is 41.6 Å². The van der Waals surface area contributed by atoms with E-state index in [1.807, 2.05) is 16.7 Å². The summed E-state index contributed by atoms with van der Waals surface area (Å²) >= 11 is 7.39. The Morgan fingerprint density at radius 3 is 2.79 bits per heavy atom. The lowest BCUT2D eigenvalue weighted by Gasteiger charge is -2.08. The molecular formula is C19H22ClN5O2S. The van der Waals surface area contributed by atoms with E-state index in [4.69, 9.17) is 20.9 Å². The molecule has 0 radical (unpaired) electrons. The number of ether oxygens (including phenoxy) is 1. The summed E-state index contributed by atoms with van der Waals surface area (Å²) < 4.78 is 13.1. The SMILES string of the molecule is C=CCn1c(COc2ccc(Cl)cc2)nnc1SCc1nc(CC(C)C)no1. The number of hydrogen-bond donors (Lipinski definition) is 0. The van der Waals surface area contributed by atoms with Crippen molar-refractivity contribution in [2.75, 3.05) is 0 Å². The van der Waals surface area contributed by atoms with Gasteiger partial charge in [0.05, 0.1) is 5.75 Å². The Labute approximate surface area is 173 Å². The lowest BCUT2D eigenvalue weighted by atomic mass is 10.1. The van der Waals surface area contributed by atoms with E-state index < -0.39 is 0 Å². The van der Waals surface area contributed by atoms with Crippen LogP contribution in [0.15, 0.2) is 46.6 Å². The van der Waals surface area contributed by atoms with Gasteiger partial charge in [-0.25, -0.2) is 0 Å². The number of benzene rings is 1. The van der Waals surface area contributed by atoms with E-state index in [1.165, 1.54) is 11.8 Å². The topological polar surface area (TPSA) is 78.9 Å². The molecule has 0 amide bonds. The van der Waals surface area contributed by atoms with Gasteiger partial charge in [0.25, 0.3) is 0 Å². The van der Waals surface area contributed by atoms with E-state index in [9.17, 15) is 0 Å². The zero-order chi connectivity index (χ0) is 19.9. The molecule has 148 valence electrons. The molecule has 0 aliphatic heterocycles. The van der Waals surface area contributed by atoms with Crippen LogP contribution in [0.4, 0.5) is 0 Å². The van der Waals surface area contributed by atoms with Crippen molar-refractivity contribution in [2.45, 2.75) is 44.3 Å². The van der Waals surface area contributed by atoms with E-state index >= 15 is 0 Å².